The fraction of sp³-hybridized carbons (Fsp3) is 0.467. The van der Waals surface area contributed by atoms with E-state index in [0.717, 1.165) is 30.8 Å². The van der Waals surface area contributed by atoms with Gasteiger partial charge in [-0.05, 0) is 24.6 Å². The number of para-hydroxylation sites is 1. The van der Waals surface area contributed by atoms with Crippen LogP contribution in [0.5, 0.6) is 5.75 Å². The normalized spacial score (nSPS) is 24.1. The van der Waals surface area contributed by atoms with Gasteiger partial charge in [-0.25, -0.2) is 0 Å². The van der Waals surface area contributed by atoms with Crippen molar-refractivity contribution in [3.8, 4) is 5.75 Å². The van der Waals surface area contributed by atoms with E-state index in [1.807, 2.05) is 30.3 Å². The zero-order valence-corrected chi connectivity index (χ0v) is 10.9. The molecule has 1 saturated heterocycles. The Labute approximate surface area is 109 Å². The van der Waals surface area contributed by atoms with Crippen molar-refractivity contribution in [2.75, 3.05) is 19.6 Å². The first-order valence-electron chi connectivity index (χ1n) is 6.50. The lowest BCUT2D eigenvalue weighted by atomic mass is 10.1. The van der Waals surface area contributed by atoms with Gasteiger partial charge in [0.15, 0.2) is 0 Å². The first kappa shape index (κ1) is 13.1. The van der Waals surface area contributed by atoms with Crippen molar-refractivity contribution in [1.29, 1.82) is 0 Å². The summed E-state index contributed by atoms with van der Waals surface area (Å²) in [6.45, 7) is 8.29. The summed E-state index contributed by atoms with van der Waals surface area (Å²) in [5, 5.41) is 9.99. The smallest absolute Gasteiger partial charge is 0.138 e. The first-order valence-corrected chi connectivity index (χ1v) is 6.50. The quantitative estimate of drug-likeness (QED) is 0.806. The molecule has 0 amide bonds. The molecule has 2 rings (SSSR count). The molecule has 3 nitrogen and oxygen atoms in total. The van der Waals surface area contributed by atoms with Crippen molar-refractivity contribution in [1.82, 2.24) is 4.90 Å². The van der Waals surface area contributed by atoms with Crippen LogP contribution in [-0.4, -0.2) is 41.8 Å². The van der Waals surface area contributed by atoms with Crippen LogP contribution >= 0.6 is 0 Å². The molecular formula is C15H21NO2. The fourth-order valence-electron chi connectivity index (χ4n) is 2.31. The van der Waals surface area contributed by atoms with Crippen LogP contribution in [0.25, 0.3) is 0 Å². The van der Waals surface area contributed by atoms with Crippen LogP contribution in [0.2, 0.25) is 0 Å². The summed E-state index contributed by atoms with van der Waals surface area (Å²) >= 11 is 0. The lowest BCUT2D eigenvalue weighted by Crippen LogP contribution is -2.30. The van der Waals surface area contributed by atoms with Gasteiger partial charge in [-0.2, -0.15) is 0 Å². The number of rotatable bonds is 5. The van der Waals surface area contributed by atoms with Crippen LogP contribution in [0.4, 0.5) is 0 Å². The molecule has 0 saturated carbocycles. The standard InChI is InChI=1S/C15H21NO2/c1-3-7-12-8-5-6-9-14(12)18-15-11-16(4-2)10-13(15)17/h3,5-6,8-9,13,15,17H,1,4,7,10-11H2,2H3. The van der Waals surface area contributed by atoms with Gasteiger partial charge in [0, 0.05) is 13.1 Å². The van der Waals surface area contributed by atoms with Crippen LogP contribution in [0, 0.1) is 0 Å². The molecule has 0 aliphatic carbocycles. The lowest BCUT2D eigenvalue weighted by molar-refractivity contribution is 0.0731. The number of aliphatic hydroxyl groups is 1. The molecule has 2 atom stereocenters. The Hall–Kier alpha value is -1.32. The molecule has 0 radical (unpaired) electrons. The van der Waals surface area contributed by atoms with Crippen molar-refractivity contribution in [2.24, 2.45) is 0 Å². The lowest BCUT2D eigenvalue weighted by Gasteiger charge is -2.18. The van der Waals surface area contributed by atoms with E-state index in [4.69, 9.17) is 4.74 Å². The van der Waals surface area contributed by atoms with Crippen LogP contribution in [-0.2, 0) is 6.42 Å². The van der Waals surface area contributed by atoms with Gasteiger partial charge in [-0.1, -0.05) is 31.2 Å². The summed E-state index contributed by atoms with van der Waals surface area (Å²) in [6.07, 6.45) is 2.12. The number of likely N-dealkylation sites (tertiary alicyclic amines) is 1. The molecule has 0 spiro atoms. The molecule has 1 fully saturated rings. The topological polar surface area (TPSA) is 32.7 Å². The minimum absolute atomic E-state index is 0.129. The predicted molar refractivity (Wildman–Crippen MR) is 72.9 cm³/mol. The number of likely N-dealkylation sites (N-methyl/N-ethyl adjacent to an activating group) is 1. The van der Waals surface area contributed by atoms with Gasteiger partial charge < -0.3 is 9.84 Å². The molecule has 1 aromatic carbocycles. The SMILES string of the molecule is C=CCc1ccccc1OC1CN(CC)CC1O. The third-order valence-corrected chi connectivity index (χ3v) is 3.37. The highest BCUT2D eigenvalue weighted by molar-refractivity contribution is 5.35. The van der Waals surface area contributed by atoms with E-state index in [0.29, 0.717) is 6.54 Å². The summed E-state index contributed by atoms with van der Waals surface area (Å²) in [5.41, 5.74) is 1.12. The number of aliphatic hydroxyl groups excluding tert-OH is 1. The minimum Gasteiger partial charge on any atom is -0.486 e. The molecule has 1 aliphatic rings. The number of allylic oxidation sites excluding steroid dienone is 1. The average molecular weight is 247 g/mol. The molecule has 1 aromatic rings. The Kier molecular flexibility index (Phi) is 4.39. The fourth-order valence-corrected chi connectivity index (χ4v) is 2.31. The van der Waals surface area contributed by atoms with E-state index in [-0.39, 0.29) is 6.10 Å². The van der Waals surface area contributed by atoms with Crippen LogP contribution in [0.15, 0.2) is 36.9 Å². The second kappa shape index (κ2) is 6.03. The molecule has 1 aliphatic heterocycles. The summed E-state index contributed by atoms with van der Waals surface area (Å²) in [7, 11) is 0. The highest BCUT2D eigenvalue weighted by Crippen LogP contribution is 2.23. The Bertz CT molecular complexity index is 405. The molecule has 18 heavy (non-hydrogen) atoms. The second-order valence-electron chi connectivity index (χ2n) is 4.68. The molecule has 98 valence electrons. The third-order valence-electron chi connectivity index (χ3n) is 3.37. The summed E-state index contributed by atoms with van der Waals surface area (Å²) in [5.74, 6) is 0.861. The van der Waals surface area contributed by atoms with Gasteiger partial charge in [0.25, 0.3) is 0 Å². The van der Waals surface area contributed by atoms with Gasteiger partial charge in [0.1, 0.15) is 18.0 Å². The maximum atomic E-state index is 9.99. The van der Waals surface area contributed by atoms with Crippen LogP contribution < -0.4 is 4.74 Å². The number of β-amino-alcohol motifs (C(OH)–C–C–N with tert-alkyl or cyclic N) is 1. The predicted octanol–water partition coefficient (Wildman–Crippen LogP) is 1.86. The molecular weight excluding hydrogens is 226 g/mol. The highest BCUT2D eigenvalue weighted by Gasteiger charge is 2.32. The van der Waals surface area contributed by atoms with Gasteiger partial charge in [-0.3, -0.25) is 4.90 Å². The van der Waals surface area contributed by atoms with Crippen molar-refractivity contribution in [3.05, 3.63) is 42.5 Å². The largest absolute Gasteiger partial charge is 0.486 e. The minimum atomic E-state index is -0.401. The molecule has 3 heteroatoms. The van der Waals surface area contributed by atoms with Crippen LogP contribution in [0.3, 0.4) is 0 Å². The van der Waals surface area contributed by atoms with Crippen molar-refractivity contribution in [3.63, 3.8) is 0 Å². The van der Waals surface area contributed by atoms with E-state index >= 15 is 0 Å². The third kappa shape index (κ3) is 2.92. The number of benzene rings is 1. The van der Waals surface area contributed by atoms with Gasteiger partial charge in [0.05, 0.1) is 0 Å². The molecule has 2 unspecified atom stereocenters. The van der Waals surface area contributed by atoms with Crippen molar-refractivity contribution < 1.29 is 9.84 Å². The Morgan fingerprint density at radius 1 is 1.44 bits per heavy atom. The zero-order valence-electron chi connectivity index (χ0n) is 10.9. The van der Waals surface area contributed by atoms with Crippen LogP contribution in [0.1, 0.15) is 12.5 Å². The van der Waals surface area contributed by atoms with Crippen molar-refractivity contribution in [2.45, 2.75) is 25.6 Å². The maximum Gasteiger partial charge on any atom is 0.138 e. The first-order chi connectivity index (χ1) is 8.74. The Balaban J connectivity index is 2.07. The van der Waals surface area contributed by atoms with Gasteiger partial charge >= 0.3 is 0 Å². The van der Waals surface area contributed by atoms with Crippen molar-refractivity contribution >= 4 is 0 Å². The highest BCUT2D eigenvalue weighted by atomic mass is 16.5. The number of ether oxygens (including phenoxy) is 1. The zero-order chi connectivity index (χ0) is 13.0. The van der Waals surface area contributed by atoms with E-state index in [9.17, 15) is 5.11 Å². The molecule has 1 heterocycles. The number of nitrogens with zero attached hydrogens (tertiary/aromatic N) is 1. The van der Waals surface area contributed by atoms with E-state index in [2.05, 4.69) is 18.4 Å². The molecule has 1 N–H and O–H groups in total. The Morgan fingerprint density at radius 2 is 2.22 bits per heavy atom. The second-order valence-corrected chi connectivity index (χ2v) is 4.68. The maximum absolute atomic E-state index is 9.99. The average Bonchev–Trinajstić information content (AvgIpc) is 2.73. The molecule has 0 bridgehead atoms. The Morgan fingerprint density at radius 3 is 2.89 bits per heavy atom. The number of hydrogen-bond acceptors (Lipinski definition) is 3. The molecule has 0 aromatic heterocycles. The summed E-state index contributed by atoms with van der Waals surface area (Å²) in [6, 6.07) is 7.95. The van der Waals surface area contributed by atoms with E-state index in [1.54, 1.807) is 0 Å². The monoisotopic (exact) mass is 247 g/mol. The van der Waals surface area contributed by atoms with E-state index in [1.165, 1.54) is 0 Å². The number of hydrogen-bond donors (Lipinski definition) is 1. The van der Waals surface area contributed by atoms with E-state index < -0.39 is 6.10 Å². The van der Waals surface area contributed by atoms with Gasteiger partial charge in [-0.15, -0.1) is 6.58 Å². The summed E-state index contributed by atoms with van der Waals surface area (Å²) in [4.78, 5) is 2.20. The summed E-state index contributed by atoms with van der Waals surface area (Å²) < 4.78 is 5.96. The van der Waals surface area contributed by atoms with Gasteiger partial charge in [0.2, 0.25) is 0 Å².